The predicted molar refractivity (Wildman–Crippen MR) is 81.4 cm³/mol. The maximum Gasteiger partial charge on any atom is 0.251 e. The molecule has 3 N–H and O–H groups in total. The van der Waals surface area contributed by atoms with Crippen molar-refractivity contribution in [3.63, 3.8) is 0 Å². The molecule has 0 aliphatic heterocycles. The van der Waals surface area contributed by atoms with Gasteiger partial charge in [0, 0.05) is 41.5 Å². The molecule has 0 fully saturated rings. The molecule has 0 aliphatic carbocycles. The highest BCUT2D eigenvalue weighted by atomic mass is 16.2. The van der Waals surface area contributed by atoms with Crippen molar-refractivity contribution >= 4 is 16.8 Å². The zero-order valence-electron chi connectivity index (χ0n) is 11.3. The average Bonchev–Trinajstić information content (AvgIpc) is 2.91. The van der Waals surface area contributed by atoms with Crippen molar-refractivity contribution < 1.29 is 4.79 Å². The van der Waals surface area contributed by atoms with Crippen LogP contribution in [0.3, 0.4) is 0 Å². The van der Waals surface area contributed by atoms with E-state index in [2.05, 4.69) is 21.4 Å². The lowest BCUT2D eigenvalue weighted by molar-refractivity contribution is 0.0954. The summed E-state index contributed by atoms with van der Waals surface area (Å²) in [5.41, 5.74) is 2.35. The Morgan fingerprint density at radius 3 is 2.86 bits per heavy atom. The molecular formula is C16H15N3O2. The van der Waals surface area contributed by atoms with Crippen LogP contribution in [0.25, 0.3) is 10.9 Å². The highest BCUT2D eigenvalue weighted by Crippen LogP contribution is 2.17. The fourth-order valence-corrected chi connectivity index (χ4v) is 2.34. The second-order valence-electron chi connectivity index (χ2n) is 4.81. The number of benzene rings is 1. The van der Waals surface area contributed by atoms with Crippen LogP contribution in [0.2, 0.25) is 0 Å². The minimum atomic E-state index is -0.278. The first-order chi connectivity index (χ1) is 10.2. The highest BCUT2D eigenvalue weighted by molar-refractivity contribution is 5.94. The average molecular weight is 281 g/mol. The number of pyridine rings is 1. The van der Waals surface area contributed by atoms with E-state index in [0.717, 1.165) is 17.5 Å². The molecule has 21 heavy (non-hydrogen) atoms. The van der Waals surface area contributed by atoms with Gasteiger partial charge in [0.15, 0.2) is 0 Å². The van der Waals surface area contributed by atoms with Crippen molar-refractivity contribution in [1.82, 2.24) is 15.3 Å². The van der Waals surface area contributed by atoms with Crippen LogP contribution in [0, 0.1) is 0 Å². The summed E-state index contributed by atoms with van der Waals surface area (Å²) in [5, 5.41) is 3.99. The Bertz CT molecular complexity index is 832. The molecule has 3 aromatic rings. The summed E-state index contributed by atoms with van der Waals surface area (Å²) in [6, 6.07) is 10.9. The molecule has 0 bridgehead atoms. The number of carbonyl (C=O) groups excluding carboxylic acids is 1. The summed E-state index contributed by atoms with van der Waals surface area (Å²) < 4.78 is 0. The van der Waals surface area contributed by atoms with Gasteiger partial charge in [-0.25, -0.2) is 0 Å². The highest BCUT2D eigenvalue weighted by Gasteiger charge is 2.06. The SMILES string of the molecule is O=C(NCCc1c[nH]c2ccccc12)c1cc[nH]c(=O)c1. The lowest BCUT2D eigenvalue weighted by atomic mass is 10.1. The van der Waals surface area contributed by atoms with Crippen LogP contribution in [0.4, 0.5) is 0 Å². The van der Waals surface area contributed by atoms with Gasteiger partial charge < -0.3 is 15.3 Å². The van der Waals surface area contributed by atoms with Crippen LogP contribution < -0.4 is 10.9 Å². The number of fused-ring (bicyclic) bond motifs is 1. The van der Waals surface area contributed by atoms with E-state index < -0.39 is 0 Å². The number of aromatic amines is 2. The Balaban J connectivity index is 1.64. The third-order valence-corrected chi connectivity index (χ3v) is 3.39. The molecule has 2 aromatic heterocycles. The Kier molecular flexibility index (Phi) is 3.55. The first-order valence-electron chi connectivity index (χ1n) is 6.76. The second-order valence-corrected chi connectivity index (χ2v) is 4.81. The summed E-state index contributed by atoms with van der Waals surface area (Å²) in [7, 11) is 0. The molecule has 0 saturated heterocycles. The molecule has 0 spiro atoms. The largest absolute Gasteiger partial charge is 0.361 e. The van der Waals surface area contributed by atoms with Gasteiger partial charge in [0.25, 0.3) is 5.91 Å². The molecule has 0 saturated carbocycles. The maximum atomic E-state index is 11.9. The molecule has 1 amide bonds. The molecule has 5 nitrogen and oxygen atoms in total. The zero-order valence-corrected chi connectivity index (χ0v) is 11.3. The minimum absolute atomic E-state index is 0.235. The van der Waals surface area contributed by atoms with Crippen molar-refractivity contribution in [3.8, 4) is 0 Å². The number of amides is 1. The monoisotopic (exact) mass is 281 g/mol. The normalized spacial score (nSPS) is 10.7. The van der Waals surface area contributed by atoms with Crippen LogP contribution in [0.15, 0.2) is 53.6 Å². The molecule has 0 aliphatic rings. The molecule has 2 heterocycles. The van der Waals surface area contributed by atoms with E-state index in [1.165, 1.54) is 17.6 Å². The zero-order chi connectivity index (χ0) is 14.7. The molecule has 5 heteroatoms. The molecule has 106 valence electrons. The number of aromatic nitrogens is 2. The van der Waals surface area contributed by atoms with E-state index in [1.807, 2.05) is 24.4 Å². The van der Waals surface area contributed by atoms with E-state index in [0.29, 0.717) is 12.1 Å². The van der Waals surface area contributed by atoms with E-state index in [1.54, 1.807) is 6.07 Å². The van der Waals surface area contributed by atoms with Gasteiger partial charge >= 0.3 is 0 Å². The van der Waals surface area contributed by atoms with Crippen LogP contribution >= 0.6 is 0 Å². The summed E-state index contributed by atoms with van der Waals surface area (Å²) >= 11 is 0. The molecule has 0 radical (unpaired) electrons. The van der Waals surface area contributed by atoms with Gasteiger partial charge in [0.05, 0.1) is 0 Å². The number of hydrogen-bond acceptors (Lipinski definition) is 2. The predicted octanol–water partition coefficient (Wildman–Crippen LogP) is 1.83. The topological polar surface area (TPSA) is 77.8 Å². The van der Waals surface area contributed by atoms with Gasteiger partial charge in [-0.15, -0.1) is 0 Å². The molecular weight excluding hydrogens is 266 g/mol. The summed E-state index contributed by atoms with van der Waals surface area (Å²) in [6.45, 7) is 0.521. The minimum Gasteiger partial charge on any atom is -0.361 e. The van der Waals surface area contributed by atoms with E-state index >= 15 is 0 Å². The van der Waals surface area contributed by atoms with Gasteiger partial charge in [-0.1, -0.05) is 18.2 Å². The fraction of sp³-hybridized carbons (Fsp3) is 0.125. The third-order valence-electron chi connectivity index (χ3n) is 3.39. The molecule has 0 unspecified atom stereocenters. The van der Waals surface area contributed by atoms with Crippen molar-refractivity contribution in [2.45, 2.75) is 6.42 Å². The lowest BCUT2D eigenvalue weighted by Gasteiger charge is -2.04. The van der Waals surface area contributed by atoms with Crippen molar-refractivity contribution in [3.05, 3.63) is 70.3 Å². The second kappa shape index (κ2) is 5.66. The van der Waals surface area contributed by atoms with Crippen LogP contribution in [-0.2, 0) is 6.42 Å². The van der Waals surface area contributed by atoms with Crippen LogP contribution in [0.1, 0.15) is 15.9 Å². The van der Waals surface area contributed by atoms with Crippen LogP contribution in [0.5, 0.6) is 0 Å². The summed E-state index contributed by atoms with van der Waals surface area (Å²) in [4.78, 5) is 28.8. The standard InChI is InChI=1S/C16H15N3O2/c20-15-9-11(5-7-17-15)16(21)18-8-6-12-10-19-14-4-2-1-3-13(12)14/h1-5,7,9-10,19H,6,8H2,(H,17,20)(H,18,21). The van der Waals surface area contributed by atoms with Crippen molar-refractivity contribution in [2.75, 3.05) is 6.54 Å². The van der Waals surface area contributed by atoms with Gasteiger partial charge in [-0.2, -0.15) is 0 Å². The Morgan fingerprint density at radius 2 is 2.00 bits per heavy atom. The third kappa shape index (κ3) is 2.86. The van der Waals surface area contributed by atoms with E-state index in [-0.39, 0.29) is 11.5 Å². The van der Waals surface area contributed by atoms with Gasteiger partial charge in [-0.3, -0.25) is 9.59 Å². The Hall–Kier alpha value is -2.82. The van der Waals surface area contributed by atoms with Crippen molar-refractivity contribution in [2.24, 2.45) is 0 Å². The first-order valence-corrected chi connectivity index (χ1v) is 6.76. The Morgan fingerprint density at radius 1 is 1.14 bits per heavy atom. The van der Waals surface area contributed by atoms with Crippen LogP contribution in [-0.4, -0.2) is 22.4 Å². The maximum absolute atomic E-state index is 11.9. The quantitative estimate of drug-likeness (QED) is 0.682. The molecule has 0 atom stereocenters. The number of nitrogens with one attached hydrogen (secondary N) is 3. The van der Waals surface area contributed by atoms with Crippen molar-refractivity contribution in [1.29, 1.82) is 0 Å². The number of H-pyrrole nitrogens is 2. The number of rotatable bonds is 4. The number of carbonyl (C=O) groups is 1. The fourth-order valence-electron chi connectivity index (χ4n) is 2.34. The van der Waals surface area contributed by atoms with Gasteiger partial charge in [0.1, 0.15) is 0 Å². The lowest BCUT2D eigenvalue weighted by Crippen LogP contribution is -2.26. The van der Waals surface area contributed by atoms with Gasteiger partial charge in [0.2, 0.25) is 5.56 Å². The van der Waals surface area contributed by atoms with E-state index in [4.69, 9.17) is 0 Å². The van der Waals surface area contributed by atoms with E-state index in [9.17, 15) is 9.59 Å². The number of para-hydroxylation sites is 1. The summed E-state index contributed by atoms with van der Waals surface area (Å²) in [5.74, 6) is -0.235. The summed E-state index contributed by atoms with van der Waals surface area (Å²) in [6.07, 6.45) is 4.17. The smallest absolute Gasteiger partial charge is 0.251 e. The Labute approximate surface area is 121 Å². The van der Waals surface area contributed by atoms with Gasteiger partial charge in [-0.05, 0) is 24.1 Å². The molecule has 1 aromatic carbocycles. The first kappa shape index (κ1) is 13.2. The number of hydrogen-bond donors (Lipinski definition) is 3. The molecule has 3 rings (SSSR count).